The summed E-state index contributed by atoms with van der Waals surface area (Å²) in [6.45, 7) is 1.08. The van der Waals surface area contributed by atoms with Crippen molar-refractivity contribution < 1.29 is 13.9 Å². The van der Waals surface area contributed by atoms with Gasteiger partial charge < -0.3 is 13.9 Å². The third-order valence-electron chi connectivity index (χ3n) is 4.16. The number of terminal acetylenes is 1. The van der Waals surface area contributed by atoms with E-state index in [1.54, 1.807) is 7.11 Å². The molecule has 3 nitrogen and oxygen atoms in total. The fourth-order valence-electron chi connectivity index (χ4n) is 3.18. The molecule has 0 saturated carbocycles. The van der Waals surface area contributed by atoms with Gasteiger partial charge in [0.1, 0.15) is 17.9 Å². The Labute approximate surface area is 140 Å². The average molecular weight is 316 g/mol. The lowest BCUT2D eigenvalue weighted by Crippen LogP contribution is -2.01. The minimum atomic E-state index is 0.513. The van der Waals surface area contributed by atoms with Crippen molar-refractivity contribution in [3.8, 4) is 18.1 Å². The van der Waals surface area contributed by atoms with E-state index in [0.717, 1.165) is 38.6 Å². The maximum Gasteiger partial charge on any atom is 0.185 e. The molecule has 0 radical (unpaired) electrons. The van der Waals surface area contributed by atoms with E-state index in [0.29, 0.717) is 19.0 Å². The number of fused-ring (bicyclic) bond motifs is 6. The van der Waals surface area contributed by atoms with Crippen molar-refractivity contribution in [2.75, 3.05) is 20.3 Å². The van der Waals surface area contributed by atoms with Crippen LogP contribution in [0, 0.1) is 12.3 Å². The van der Waals surface area contributed by atoms with Crippen LogP contribution in [-0.4, -0.2) is 20.3 Å². The number of hydrogen-bond donors (Lipinski definition) is 0. The smallest absolute Gasteiger partial charge is 0.185 e. The molecule has 1 aromatic heterocycles. The third-order valence-corrected chi connectivity index (χ3v) is 4.16. The van der Waals surface area contributed by atoms with Gasteiger partial charge in [0.25, 0.3) is 0 Å². The molecule has 4 rings (SSSR count). The molecule has 0 amide bonds. The second-order valence-corrected chi connectivity index (χ2v) is 5.55. The number of furan rings is 1. The molecule has 0 aliphatic carbocycles. The molecular weight excluding hydrogens is 300 g/mol. The molecule has 0 saturated heterocycles. The van der Waals surface area contributed by atoms with E-state index in [1.165, 1.54) is 0 Å². The monoisotopic (exact) mass is 316 g/mol. The Morgan fingerprint density at radius 2 is 2.12 bits per heavy atom. The Balaban J connectivity index is 2.15. The molecule has 0 spiro atoms. The van der Waals surface area contributed by atoms with Crippen molar-refractivity contribution in [2.45, 2.75) is 0 Å². The number of rotatable bonds is 3. The fraction of sp³-hybridized carbons (Fsp3) is 0.143. The van der Waals surface area contributed by atoms with Crippen LogP contribution in [-0.2, 0) is 4.74 Å². The lowest BCUT2D eigenvalue weighted by molar-refractivity contribution is 0.234. The number of hydrogen-bond acceptors (Lipinski definition) is 3. The summed E-state index contributed by atoms with van der Waals surface area (Å²) in [5, 5.41) is 3.03. The summed E-state index contributed by atoms with van der Waals surface area (Å²) in [7, 11) is 1.66. The molecule has 0 unspecified atom stereocenters. The highest BCUT2D eigenvalue weighted by Gasteiger charge is 2.22. The van der Waals surface area contributed by atoms with Crippen LogP contribution in [0.3, 0.4) is 0 Å². The first-order chi connectivity index (χ1) is 11.8. The summed E-state index contributed by atoms with van der Waals surface area (Å²) in [6, 6.07) is 8.07. The minimum Gasteiger partial charge on any atom is -0.488 e. The molecule has 2 heterocycles. The maximum atomic E-state index is 6.04. The Morgan fingerprint density at radius 3 is 2.92 bits per heavy atom. The first-order valence-corrected chi connectivity index (χ1v) is 7.77. The van der Waals surface area contributed by atoms with E-state index < -0.39 is 0 Å². The highest BCUT2D eigenvalue weighted by molar-refractivity contribution is 6.15. The fourth-order valence-corrected chi connectivity index (χ4v) is 3.18. The molecule has 118 valence electrons. The van der Waals surface area contributed by atoms with E-state index >= 15 is 0 Å². The minimum absolute atomic E-state index is 0.513. The van der Waals surface area contributed by atoms with Crippen LogP contribution in [0.1, 0.15) is 16.9 Å². The van der Waals surface area contributed by atoms with E-state index in [2.05, 4.69) is 12.0 Å². The molecular formula is C21H16O3. The van der Waals surface area contributed by atoms with Gasteiger partial charge in [-0.1, -0.05) is 42.5 Å². The maximum absolute atomic E-state index is 6.04. The van der Waals surface area contributed by atoms with Crippen LogP contribution >= 0.6 is 0 Å². The van der Waals surface area contributed by atoms with Crippen molar-refractivity contribution in [3.05, 3.63) is 53.3 Å². The Bertz CT molecular complexity index is 1030. The summed E-state index contributed by atoms with van der Waals surface area (Å²) in [5.41, 5.74) is 2.70. The number of methoxy groups -OCH3 is 1. The van der Waals surface area contributed by atoms with Gasteiger partial charge >= 0.3 is 0 Å². The second-order valence-electron chi connectivity index (χ2n) is 5.55. The Morgan fingerprint density at radius 1 is 1.29 bits per heavy atom. The van der Waals surface area contributed by atoms with Gasteiger partial charge in [-0.25, -0.2) is 0 Å². The summed E-state index contributed by atoms with van der Waals surface area (Å²) in [4.78, 5) is 0. The van der Waals surface area contributed by atoms with Crippen LogP contribution in [0.4, 0.5) is 0 Å². The molecule has 2 aromatic carbocycles. The Hall–Kier alpha value is -2.96. The molecule has 0 bridgehead atoms. The molecule has 3 aromatic rings. The third kappa shape index (κ3) is 2.12. The predicted molar refractivity (Wildman–Crippen MR) is 97.1 cm³/mol. The van der Waals surface area contributed by atoms with Crippen molar-refractivity contribution in [3.63, 3.8) is 0 Å². The first kappa shape index (κ1) is 14.6. The van der Waals surface area contributed by atoms with Gasteiger partial charge in [-0.3, -0.25) is 0 Å². The normalized spacial score (nSPS) is 13.3. The quantitative estimate of drug-likeness (QED) is 0.660. The number of ether oxygens (including phenoxy) is 2. The molecule has 24 heavy (non-hydrogen) atoms. The zero-order valence-corrected chi connectivity index (χ0v) is 13.3. The van der Waals surface area contributed by atoms with Crippen LogP contribution in [0.25, 0.3) is 33.9 Å². The molecule has 0 fully saturated rings. The van der Waals surface area contributed by atoms with Crippen LogP contribution < -0.4 is 4.74 Å². The van der Waals surface area contributed by atoms with Gasteiger partial charge in [-0.2, -0.15) is 0 Å². The highest BCUT2D eigenvalue weighted by Crippen LogP contribution is 2.43. The van der Waals surface area contributed by atoms with E-state index in [1.807, 2.05) is 42.5 Å². The van der Waals surface area contributed by atoms with Crippen LogP contribution in [0.2, 0.25) is 0 Å². The highest BCUT2D eigenvalue weighted by atomic mass is 16.5. The molecule has 0 atom stereocenters. The van der Waals surface area contributed by atoms with Gasteiger partial charge in [0, 0.05) is 34.4 Å². The molecule has 0 N–H and O–H groups in total. The van der Waals surface area contributed by atoms with Crippen molar-refractivity contribution in [2.24, 2.45) is 0 Å². The van der Waals surface area contributed by atoms with E-state index in [9.17, 15) is 0 Å². The zero-order valence-electron chi connectivity index (χ0n) is 13.3. The summed E-state index contributed by atoms with van der Waals surface area (Å²) in [5.74, 6) is 4.06. The van der Waals surface area contributed by atoms with Gasteiger partial charge in [0.15, 0.2) is 5.76 Å². The van der Waals surface area contributed by atoms with Crippen LogP contribution in [0.15, 0.2) is 40.8 Å². The largest absolute Gasteiger partial charge is 0.488 e. The Kier molecular flexibility index (Phi) is 3.60. The summed E-state index contributed by atoms with van der Waals surface area (Å²) in [6.07, 6.45) is 13.7. The van der Waals surface area contributed by atoms with E-state index in [4.69, 9.17) is 20.3 Å². The van der Waals surface area contributed by atoms with Gasteiger partial charge in [-0.05, 0) is 12.0 Å². The second kappa shape index (κ2) is 5.92. The lowest BCUT2D eigenvalue weighted by Gasteiger charge is -2.16. The predicted octanol–water partition coefficient (Wildman–Crippen LogP) is 4.63. The lowest BCUT2D eigenvalue weighted by atomic mass is 9.96. The first-order valence-electron chi connectivity index (χ1n) is 7.77. The molecule has 1 aliphatic heterocycles. The van der Waals surface area contributed by atoms with E-state index in [-0.39, 0.29) is 0 Å². The van der Waals surface area contributed by atoms with Gasteiger partial charge in [-0.15, -0.1) is 6.42 Å². The van der Waals surface area contributed by atoms with Gasteiger partial charge in [0.2, 0.25) is 0 Å². The van der Waals surface area contributed by atoms with Gasteiger partial charge in [0.05, 0.1) is 6.61 Å². The average Bonchev–Trinajstić information content (AvgIpc) is 3.01. The molecule has 1 aliphatic rings. The summed E-state index contributed by atoms with van der Waals surface area (Å²) < 4.78 is 17.1. The SMILES string of the molecule is C#Cc1oc2c(c3c(c4ccccc42)OCC=C3)c1/C=C\COC. The standard InChI is InChI=1S/C21H16O3/c1-3-18-16(10-6-12-22-2)19-17-11-7-13-23-20(17)14-8-4-5-9-15(14)21(19)24-18/h1,4-11H,12-13H2,2H3/b10-6-. The van der Waals surface area contributed by atoms with Crippen molar-refractivity contribution in [1.82, 2.24) is 0 Å². The topological polar surface area (TPSA) is 31.6 Å². The van der Waals surface area contributed by atoms with Crippen molar-refractivity contribution in [1.29, 1.82) is 0 Å². The van der Waals surface area contributed by atoms with Crippen molar-refractivity contribution >= 4 is 33.9 Å². The zero-order chi connectivity index (χ0) is 16.5. The summed E-state index contributed by atoms with van der Waals surface area (Å²) >= 11 is 0. The number of benzene rings is 2. The van der Waals surface area contributed by atoms with Crippen LogP contribution in [0.5, 0.6) is 5.75 Å². The molecule has 3 heteroatoms.